The Morgan fingerprint density at radius 3 is 2.53 bits per heavy atom. The van der Waals surface area contributed by atoms with Crippen LogP contribution >= 0.6 is 11.6 Å². The molecule has 0 saturated carbocycles. The first-order valence-electron chi connectivity index (χ1n) is 4.84. The van der Waals surface area contributed by atoms with Crippen molar-refractivity contribution in [2.45, 2.75) is 39.7 Å². The summed E-state index contributed by atoms with van der Waals surface area (Å²) in [5, 5.41) is 0.156. The van der Waals surface area contributed by atoms with Gasteiger partial charge in [-0.25, -0.2) is 4.98 Å². The number of anilines is 1. The molecule has 0 radical (unpaired) electrons. The lowest BCUT2D eigenvalue weighted by Gasteiger charge is -2.24. The molecule has 1 aromatic heterocycles. The minimum atomic E-state index is -0.307. The molecule has 0 aromatic carbocycles. The average molecular weight is 230 g/mol. The zero-order chi connectivity index (χ0) is 11.6. The maximum Gasteiger partial charge on any atom is 0.242 e. The molecular weight excluding hydrogens is 214 g/mol. The Labute approximate surface area is 94.8 Å². The Morgan fingerprint density at radius 2 is 2.00 bits per heavy atom. The molecule has 0 aliphatic rings. The number of ether oxygens (including phenoxy) is 1. The molecule has 1 rings (SSSR count). The largest absolute Gasteiger partial charge is 0.470 e. The summed E-state index contributed by atoms with van der Waals surface area (Å²) in [6.07, 6.45) is 0.854. The minimum Gasteiger partial charge on any atom is -0.470 e. The SMILES string of the molecule is CCC(C)(C)Oc1nc(Cl)nc(C)c1N. The smallest absolute Gasteiger partial charge is 0.242 e. The zero-order valence-electron chi connectivity index (χ0n) is 9.47. The van der Waals surface area contributed by atoms with Crippen LogP contribution in [-0.4, -0.2) is 15.6 Å². The number of nitrogens with zero attached hydrogens (tertiary/aromatic N) is 2. The normalized spacial score (nSPS) is 11.5. The summed E-state index contributed by atoms with van der Waals surface area (Å²) in [5.74, 6) is 0.361. The highest BCUT2D eigenvalue weighted by molar-refractivity contribution is 6.28. The van der Waals surface area contributed by atoms with E-state index in [1.165, 1.54) is 0 Å². The van der Waals surface area contributed by atoms with Crippen LogP contribution in [0.4, 0.5) is 5.69 Å². The van der Waals surface area contributed by atoms with Crippen LogP contribution in [0, 0.1) is 6.92 Å². The number of aryl methyl sites for hydroxylation is 1. The molecule has 0 bridgehead atoms. The molecule has 0 unspecified atom stereocenters. The second-order valence-electron chi connectivity index (χ2n) is 4.01. The van der Waals surface area contributed by atoms with Crippen LogP contribution in [0.5, 0.6) is 5.88 Å². The predicted molar refractivity (Wildman–Crippen MR) is 61.2 cm³/mol. The number of hydrogen-bond acceptors (Lipinski definition) is 4. The van der Waals surface area contributed by atoms with E-state index in [1.54, 1.807) is 6.92 Å². The lowest BCUT2D eigenvalue weighted by molar-refractivity contribution is 0.0998. The van der Waals surface area contributed by atoms with Crippen LogP contribution in [0.15, 0.2) is 0 Å². The number of hydrogen-bond donors (Lipinski definition) is 1. The van der Waals surface area contributed by atoms with E-state index >= 15 is 0 Å². The van der Waals surface area contributed by atoms with Crippen LogP contribution in [0.1, 0.15) is 32.9 Å². The number of aromatic nitrogens is 2. The maximum atomic E-state index is 5.80. The zero-order valence-corrected chi connectivity index (χ0v) is 10.2. The molecule has 0 aliphatic carbocycles. The van der Waals surface area contributed by atoms with E-state index in [9.17, 15) is 0 Å². The Hall–Kier alpha value is -1.03. The molecule has 0 fully saturated rings. The fourth-order valence-electron chi connectivity index (χ4n) is 0.934. The van der Waals surface area contributed by atoms with Crippen molar-refractivity contribution < 1.29 is 4.74 Å². The van der Waals surface area contributed by atoms with Crippen molar-refractivity contribution in [3.05, 3.63) is 11.0 Å². The van der Waals surface area contributed by atoms with Gasteiger partial charge in [-0.3, -0.25) is 0 Å². The molecule has 1 heterocycles. The Kier molecular flexibility index (Phi) is 3.39. The highest BCUT2D eigenvalue weighted by atomic mass is 35.5. The Morgan fingerprint density at radius 1 is 1.40 bits per heavy atom. The van der Waals surface area contributed by atoms with Crippen LogP contribution < -0.4 is 10.5 Å². The minimum absolute atomic E-state index is 0.156. The van der Waals surface area contributed by atoms with Crippen molar-refractivity contribution in [1.82, 2.24) is 9.97 Å². The van der Waals surface area contributed by atoms with Gasteiger partial charge in [0.2, 0.25) is 11.2 Å². The van der Waals surface area contributed by atoms with Gasteiger partial charge in [0.1, 0.15) is 11.3 Å². The number of nitrogen functional groups attached to an aromatic ring is 1. The van der Waals surface area contributed by atoms with Crippen LogP contribution in [0.2, 0.25) is 5.28 Å². The molecule has 2 N–H and O–H groups in total. The third-order valence-corrected chi connectivity index (χ3v) is 2.47. The van der Waals surface area contributed by atoms with Gasteiger partial charge < -0.3 is 10.5 Å². The van der Waals surface area contributed by atoms with Gasteiger partial charge in [0, 0.05) is 0 Å². The van der Waals surface area contributed by atoms with Crippen LogP contribution in [0.3, 0.4) is 0 Å². The Balaban J connectivity index is 3.05. The Bertz CT molecular complexity index is 366. The molecule has 1 aromatic rings. The van der Waals surface area contributed by atoms with Gasteiger partial charge in [-0.05, 0) is 38.8 Å². The fraction of sp³-hybridized carbons (Fsp3) is 0.600. The van der Waals surface area contributed by atoms with E-state index in [0.29, 0.717) is 17.3 Å². The first-order valence-corrected chi connectivity index (χ1v) is 5.22. The number of rotatable bonds is 3. The van der Waals surface area contributed by atoms with Gasteiger partial charge in [-0.15, -0.1) is 0 Å². The molecule has 84 valence electrons. The van der Waals surface area contributed by atoms with Gasteiger partial charge >= 0.3 is 0 Å². The molecular formula is C10H16ClN3O. The predicted octanol–water partition coefficient (Wildman–Crippen LogP) is 2.59. The summed E-state index contributed by atoms with van der Waals surface area (Å²) in [7, 11) is 0. The summed E-state index contributed by atoms with van der Waals surface area (Å²) in [5.41, 5.74) is 6.58. The van der Waals surface area contributed by atoms with Gasteiger partial charge in [-0.2, -0.15) is 4.98 Å². The lowest BCUT2D eigenvalue weighted by atomic mass is 10.1. The van der Waals surface area contributed by atoms with Crippen LogP contribution in [0.25, 0.3) is 0 Å². The van der Waals surface area contributed by atoms with E-state index in [4.69, 9.17) is 22.1 Å². The van der Waals surface area contributed by atoms with Crippen molar-refractivity contribution in [1.29, 1.82) is 0 Å². The highest BCUT2D eigenvalue weighted by Crippen LogP contribution is 2.27. The molecule has 4 nitrogen and oxygen atoms in total. The maximum absolute atomic E-state index is 5.80. The lowest BCUT2D eigenvalue weighted by Crippen LogP contribution is -2.28. The van der Waals surface area contributed by atoms with Crippen molar-refractivity contribution in [2.75, 3.05) is 5.73 Å². The third-order valence-electron chi connectivity index (χ3n) is 2.30. The fourth-order valence-corrected chi connectivity index (χ4v) is 1.14. The summed E-state index contributed by atoms with van der Waals surface area (Å²) >= 11 is 5.74. The molecule has 15 heavy (non-hydrogen) atoms. The summed E-state index contributed by atoms with van der Waals surface area (Å²) in [6.45, 7) is 7.75. The second kappa shape index (κ2) is 4.23. The van der Waals surface area contributed by atoms with E-state index in [2.05, 4.69) is 9.97 Å². The standard InChI is InChI=1S/C10H16ClN3O/c1-5-10(3,4)15-8-7(12)6(2)13-9(11)14-8/h5,12H2,1-4H3. The molecule has 5 heteroatoms. The van der Waals surface area contributed by atoms with Crippen molar-refractivity contribution in [2.24, 2.45) is 0 Å². The van der Waals surface area contributed by atoms with E-state index < -0.39 is 0 Å². The average Bonchev–Trinajstić information content (AvgIpc) is 2.13. The monoisotopic (exact) mass is 229 g/mol. The first kappa shape index (κ1) is 12.0. The number of nitrogens with two attached hydrogens (primary N) is 1. The quantitative estimate of drug-likeness (QED) is 0.810. The van der Waals surface area contributed by atoms with Crippen molar-refractivity contribution >= 4 is 17.3 Å². The van der Waals surface area contributed by atoms with Gasteiger partial charge in [0.15, 0.2) is 0 Å². The van der Waals surface area contributed by atoms with Gasteiger partial charge in [-0.1, -0.05) is 6.92 Å². The number of halogens is 1. The first-order chi connectivity index (χ1) is 6.85. The van der Waals surface area contributed by atoms with Gasteiger partial charge in [0.25, 0.3) is 0 Å². The molecule has 0 amide bonds. The van der Waals surface area contributed by atoms with Crippen LogP contribution in [-0.2, 0) is 0 Å². The van der Waals surface area contributed by atoms with E-state index in [0.717, 1.165) is 6.42 Å². The molecule has 0 spiro atoms. The molecule has 0 atom stereocenters. The molecule has 0 saturated heterocycles. The summed E-state index contributed by atoms with van der Waals surface area (Å²) in [4.78, 5) is 7.91. The summed E-state index contributed by atoms with van der Waals surface area (Å²) in [6, 6.07) is 0. The van der Waals surface area contributed by atoms with Gasteiger partial charge in [0.05, 0.1) is 5.69 Å². The third kappa shape index (κ3) is 2.96. The van der Waals surface area contributed by atoms with E-state index in [-0.39, 0.29) is 10.9 Å². The summed E-state index contributed by atoms with van der Waals surface area (Å²) < 4.78 is 5.68. The second-order valence-corrected chi connectivity index (χ2v) is 4.35. The van der Waals surface area contributed by atoms with Crippen molar-refractivity contribution in [3.8, 4) is 5.88 Å². The highest BCUT2D eigenvalue weighted by Gasteiger charge is 2.20. The topological polar surface area (TPSA) is 61.0 Å². The van der Waals surface area contributed by atoms with Crippen molar-refractivity contribution in [3.63, 3.8) is 0 Å². The molecule has 0 aliphatic heterocycles. The van der Waals surface area contributed by atoms with E-state index in [1.807, 2.05) is 20.8 Å².